The number of nitrogens with zero attached hydrogens (tertiary/aromatic N) is 3. The number of ether oxygens (including phenoxy) is 1. The van der Waals surface area contributed by atoms with E-state index in [9.17, 15) is 4.79 Å². The van der Waals surface area contributed by atoms with Gasteiger partial charge in [0.15, 0.2) is 0 Å². The van der Waals surface area contributed by atoms with Crippen LogP contribution in [-0.2, 0) is 4.74 Å². The number of aryl methyl sites for hydroxylation is 1. The molecule has 4 rings (SSSR count). The molecule has 0 aromatic heterocycles. The van der Waals surface area contributed by atoms with E-state index in [0.29, 0.717) is 18.7 Å². The quantitative estimate of drug-likeness (QED) is 0.707. The molecule has 0 unspecified atom stereocenters. The molecule has 0 bridgehead atoms. The summed E-state index contributed by atoms with van der Waals surface area (Å²) in [6.45, 7) is 9.83. The summed E-state index contributed by atoms with van der Waals surface area (Å²) < 4.78 is 5.16. The third-order valence-electron chi connectivity index (χ3n) is 6.94. The van der Waals surface area contributed by atoms with Crippen LogP contribution in [0.4, 0.5) is 4.79 Å². The fourth-order valence-corrected chi connectivity index (χ4v) is 5.61. The van der Waals surface area contributed by atoms with Gasteiger partial charge < -0.3 is 9.64 Å². The normalized spacial score (nSPS) is 27.8. The average molecular weight is 444 g/mol. The smallest absolute Gasteiger partial charge is 0.409 e. The molecule has 3 fully saturated rings. The lowest BCUT2D eigenvalue weighted by Crippen LogP contribution is -2.47. The van der Waals surface area contributed by atoms with E-state index in [0.717, 1.165) is 37.8 Å². The van der Waals surface area contributed by atoms with Gasteiger partial charge in [-0.05, 0) is 56.7 Å². The van der Waals surface area contributed by atoms with Crippen LogP contribution in [0, 0.1) is 18.8 Å². The summed E-state index contributed by atoms with van der Waals surface area (Å²) >= 11 is 0. The molecule has 3 aliphatic rings. The molecule has 3 aliphatic heterocycles. The van der Waals surface area contributed by atoms with Crippen molar-refractivity contribution in [1.29, 1.82) is 0 Å². The number of amides is 1. The summed E-state index contributed by atoms with van der Waals surface area (Å²) in [5.74, 6) is 1.49. The summed E-state index contributed by atoms with van der Waals surface area (Å²) in [5, 5.41) is 0. The SMILES string of the molecule is CCOC(=O)N1CCC(N2C[C@@H]3CN(C)[C@@H](c4ccccc4C)[C@@H]3C2)CC1.Cl.Cl. The van der Waals surface area contributed by atoms with Gasteiger partial charge in [-0.25, -0.2) is 4.79 Å². The Hall–Kier alpha value is -1.01. The number of fused-ring (bicyclic) bond motifs is 1. The summed E-state index contributed by atoms with van der Waals surface area (Å²) in [6.07, 6.45) is 2.00. The highest BCUT2D eigenvalue weighted by atomic mass is 35.5. The Balaban J connectivity index is 0.00000150. The third kappa shape index (κ3) is 4.84. The number of piperidine rings is 1. The molecule has 5 nitrogen and oxygen atoms in total. The second-order valence-electron chi connectivity index (χ2n) is 8.54. The van der Waals surface area contributed by atoms with Crippen LogP contribution in [0.3, 0.4) is 0 Å². The monoisotopic (exact) mass is 443 g/mol. The molecule has 0 saturated carbocycles. The largest absolute Gasteiger partial charge is 0.450 e. The standard InChI is InChI=1S/C22H33N3O2.2ClH/c1-4-27-22(26)24-11-9-18(10-12-24)25-14-17-13-23(3)21(20(17)15-25)19-8-6-5-7-16(19)2;;/h5-8,17-18,20-21H,4,9-15H2,1-3H3;2*1H/t17-,20+,21-;;/m0../s1. The lowest BCUT2D eigenvalue weighted by Gasteiger charge is -2.37. The van der Waals surface area contributed by atoms with Crippen molar-refractivity contribution in [2.45, 2.75) is 38.8 Å². The Morgan fingerprint density at radius 1 is 1.10 bits per heavy atom. The van der Waals surface area contributed by atoms with E-state index in [4.69, 9.17) is 4.74 Å². The Morgan fingerprint density at radius 3 is 2.45 bits per heavy atom. The molecule has 3 atom stereocenters. The lowest BCUT2D eigenvalue weighted by molar-refractivity contribution is 0.0766. The topological polar surface area (TPSA) is 36.0 Å². The molecule has 1 aromatic carbocycles. The highest BCUT2D eigenvalue weighted by Crippen LogP contribution is 2.45. The van der Waals surface area contributed by atoms with Gasteiger partial charge in [0.2, 0.25) is 0 Å². The van der Waals surface area contributed by atoms with Crippen LogP contribution >= 0.6 is 24.8 Å². The summed E-state index contributed by atoms with van der Waals surface area (Å²) in [7, 11) is 2.29. The molecule has 7 heteroatoms. The molecule has 164 valence electrons. The number of carbonyl (C=O) groups excluding carboxylic acids is 1. The number of hydrogen-bond acceptors (Lipinski definition) is 4. The predicted octanol–water partition coefficient (Wildman–Crippen LogP) is 3.99. The van der Waals surface area contributed by atoms with Crippen LogP contribution in [0.25, 0.3) is 0 Å². The van der Waals surface area contributed by atoms with Crippen molar-refractivity contribution in [3.63, 3.8) is 0 Å². The average Bonchev–Trinajstić information content (AvgIpc) is 3.19. The van der Waals surface area contributed by atoms with Crippen LogP contribution in [0.5, 0.6) is 0 Å². The van der Waals surface area contributed by atoms with Crippen molar-refractivity contribution >= 4 is 30.9 Å². The maximum atomic E-state index is 11.9. The van der Waals surface area contributed by atoms with Gasteiger partial charge in [-0.15, -0.1) is 24.8 Å². The Labute approximate surface area is 187 Å². The summed E-state index contributed by atoms with van der Waals surface area (Å²) in [4.78, 5) is 19.1. The summed E-state index contributed by atoms with van der Waals surface area (Å²) in [5.41, 5.74) is 2.92. The molecule has 29 heavy (non-hydrogen) atoms. The van der Waals surface area contributed by atoms with Gasteiger partial charge in [-0.2, -0.15) is 0 Å². The van der Waals surface area contributed by atoms with Crippen LogP contribution in [0.1, 0.15) is 36.9 Å². The Morgan fingerprint density at radius 2 is 1.79 bits per heavy atom. The molecular formula is C22H35Cl2N3O2. The van der Waals surface area contributed by atoms with Crippen LogP contribution < -0.4 is 0 Å². The fourth-order valence-electron chi connectivity index (χ4n) is 5.61. The van der Waals surface area contributed by atoms with Crippen LogP contribution in [0.2, 0.25) is 0 Å². The van der Waals surface area contributed by atoms with Crippen molar-refractivity contribution in [3.8, 4) is 0 Å². The molecule has 3 saturated heterocycles. The molecule has 0 aliphatic carbocycles. The maximum absolute atomic E-state index is 11.9. The summed E-state index contributed by atoms with van der Waals surface area (Å²) in [6, 6.07) is 10.0. The number of hydrogen-bond donors (Lipinski definition) is 0. The first-order valence-electron chi connectivity index (χ1n) is 10.5. The second-order valence-corrected chi connectivity index (χ2v) is 8.54. The first-order chi connectivity index (χ1) is 13.1. The van der Waals surface area contributed by atoms with Crippen molar-refractivity contribution in [3.05, 3.63) is 35.4 Å². The molecular weight excluding hydrogens is 409 g/mol. The first-order valence-corrected chi connectivity index (χ1v) is 10.5. The van der Waals surface area contributed by atoms with E-state index in [1.807, 2.05) is 11.8 Å². The predicted molar refractivity (Wildman–Crippen MR) is 121 cm³/mol. The van der Waals surface area contributed by atoms with Crippen molar-refractivity contribution < 1.29 is 9.53 Å². The van der Waals surface area contributed by atoms with Crippen molar-refractivity contribution in [2.75, 3.05) is 46.4 Å². The zero-order valence-corrected chi connectivity index (χ0v) is 19.4. The van der Waals surface area contributed by atoms with Crippen LogP contribution in [-0.4, -0.2) is 73.2 Å². The van der Waals surface area contributed by atoms with Crippen LogP contribution in [0.15, 0.2) is 24.3 Å². The van der Waals surface area contributed by atoms with Gasteiger partial charge in [0.05, 0.1) is 6.61 Å². The highest BCUT2D eigenvalue weighted by Gasteiger charge is 2.47. The zero-order valence-electron chi connectivity index (χ0n) is 17.8. The van der Waals surface area contributed by atoms with E-state index in [1.54, 1.807) is 0 Å². The molecule has 0 spiro atoms. The van der Waals surface area contributed by atoms with Gasteiger partial charge in [-0.3, -0.25) is 9.80 Å². The number of likely N-dealkylation sites (tertiary alicyclic amines) is 3. The molecule has 1 aromatic rings. The number of carbonyl (C=O) groups is 1. The Kier molecular flexibility index (Phi) is 8.65. The Bertz CT molecular complexity index is 682. The van der Waals surface area contributed by atoms with Gasteiger partial charge in [-0.1, -0.05) is 24.3 Å². The number of halogens is 2. The van der Waals surface area contributed by atoms with E-state index in [1.165, 1.54) is 30.8 Å². The van der Waals surface area contributed by atoms with E-state index < -0.39 is 0 Å². The van der Waals surface area contributed by atoms with Gasteiger partial charge in [0.25, 0.3) is 0 Å². The van der Waals surface area contributed by atoms with E-state index in [2.05, 4.69) is 48.0 Å². The molecule has 0 radical (unpaired) electrons. The van der Waals surface area contributed by atoms with E-state index in [-0.39, 0.29) is 30.9 Å². The minimum Gasteiger partial charge on any atom is -0.450 e. The van der Waals surface area contributed by atoms with Gasteiger partial charge in [0, 0.05) is 44.8 Å². The molecule has 1 amide bonds. The maximum Gasteiger partial charge on any atom is 0.409 e. The van der Waals surface area contributed by atoms with E-state index >= 15 is 0 Å². The third-order valence-corrected chi connectivity index (χ3v) is 6.94. The van der Waals surface area contributed by atoms with Gasteiger partial charge in [0.1, 0.15) is 0 Å². The van der Waals surface area contributed by atoms with Crippen molar-refractivity contribution in [1.82, 2.24) is 14.7 Å². The molecule has 3 heterocycles. The van der Waals surface area contributed by atoms with Gasteiger partial charge >= 0.3 is 6.09 Å². The number of rotatable bonds is 3. The zero-order chi connectivity index (χ0) is 19.0. The highest BCUT2D eigenvalue weighted by molar-refractivity contribution is 5.85. The van der Waals surface area contributed by atoms with Crippen molar-refractivity contribution in [2.24, 2.45) is 11.8 Å². The minimum absolute atomic E-state index is 0. The number of benzene rings is 1. The minimum atomic E-state index is -0.143. The first kappa shape index (κ1) is 24.3. The lowest BCUT2D eigenvalue weighted by atomic mass is 9.88. The second kappa shape index (κ2) is 10.3. The fraction of sp³-hybridized carbons (Fsp3) is 0.682. The molecule has 0 N–H and O–H groups in total.